The molecule has 3 heteroatoms. The van der Waals surface area contributed by atoms with Crippen LogP contribution in [0.2, 0.25) is 0 Å². The van der Waals surface area contributed by atoms with Crippen LogP contribution in [0.25, 0.3) is 0 Å². The molecule has 1 atom stereocenters. The highest BCUT2D eigenvalue weighted by Gasteiger charge is 2.04. The van der Waals surface area contributed by atoms with Gasteiger partial charge in [0.05, 0.1) is 12.0 Å². The van der Waals surface area contributed by atoms with Crippen LogP contribution in [0.15, 0.2) is 42.9 Å². The molecule has 0 saturated carbocycles. The van der Waals surface area contributed by atoms with E-state index >= 15 is 0 Å². The molecule has 0 aliphatic rings. The largest absolute Gasteiger partial charge is 0.333 e. The lowest BCUT2D eigenvalue weighted by Gasteiger charge is -2.05. The van der Waals surface area contributed by atoms with E-state index < -0.39 is 0 Å². The third kappa shape index (κ3) is 3.43. The van der Waals surface area contributed by atoms with Gasteiger partial charge in [-0.25, -0.2) is 4.98 Å². The lowest BCUT2D eigenvalue weighted by atomic mass is 10.1. The first-order valence-corrected chi connectivity index (χ1v) is 6.08. The van der Waals surface area contributed by atoms with Crippen molar-refractivity contribution in [3.05, 3.63) is 54.1 Å². The van der Waals surface area contributed by atoms with Crippen molar-refractivity contribution in [2.75, 3.05) is 0 Å². The molecule has 0 spiro atoms. The molecule has 1 unspecified atom stereocenters. The maximum absolute atomic E-state index is 5.92. The Labute approximate surface area is 102 Å². The molecule has 2 rings (SSSR count). The summed E-state index contributed by atoms with van der Waals surface area (Å²) >= 11 is 0. The third-order valence-corrected chi connectivity index (χ3v) is 2.89. The Hall–Kier alpha value is -1.61. The van der Waals surface area contributed by atoms with Crippen molar-refractivity contribution in [1.82, 2.24) is 9.55 Å². The molecule has 1 aromatic carbocycles. The Bertz CT molecular complexity index is 448. The molecule has 2 aromatic rings. The van der Waals surface area contributed by atoms with Gasteiger partial charge in [-0.1, -0.05) is 37.3 Å². The molecule has 0 radical (unpaired) electrons. The fourth-order valence-corrected chi connectivity index (χ4v) is 1.81. The molecule has 0 bridgehead atoms. The van der Waals surface area contributed by atoms with E-state index in [4.69, 9.17) is 5.73 Å². The number of hydrogen-bond acceptors (Lipinski definition) is 2. The van der Waals surface area contributed by atoms with Gasteiger partial charge in [-0.15, -0.1) is 0 Å². The van der Waals surface area contributed by atoms with Crippen molar-refractivity contribution in [2.24, 2.45) is 5.73 Å². The summed E-state index contributed by atoms with van der Waals surface area (Å²) in [5, 5.41) is 0. The molecule has 0 amide bonds. The molecule has 1 aromatic heterocycles. The molecule has 0 aliphatic carbocycles. The van der Waals surface area contributed by atoms with Gasteiger partial charge in [0, 0.05) is 25.2 Å². The molecule has 0 fully saturated rings. The second kappa shape index (κ2) is 5.64. The Morgan fingerprint density at radius 2 is 2.06 bits per heavy atom. The molecule has 17 heavy (non-hydrogen) atoms. The molecule has 3 nitrogen and oxygen atoms in total. The molecule has 0 saturated heterocycles. The predicted molar refractivity (Wildman–Crippen MR) is 69.7 cm³/mol. The van der Waals surface area contributed by atoms with Gasteiger partial charge in [0.2, 0.25) is 0 Å². The Balaban J connectivity index is 1.99. The SMILES string of the molecule is CCC(N)Cc1cn(Cc2ccccc2)cn1. The van der Waals surface area contributed by atoms with Crippen molar-refractivity contribution in [1.29, 1.82) is 0 Å². The van der Waals surface area contributed by atoms with Crippen LogP contribution in [0.4, 0.5) is 0 Å². The van der Waals surface area contributed by atoms with E-state index in [9.17, 15) is 0 Å². The van der Waals surface area contributed by atoms with E-state index in [0.29, 0.717) is 0 Å². The van der Waals surface area contributed by atoms with E-state index in [2.05, 4.69) is 46.9 Å². The zero-order valence-corrected chi connectivity index (χ0v) is 10.2. The molecular formula is C14H19N3. The first-order valence-electron chi connectivity index (χ1n) is 6.08. The van der Waals surface area contributed by atoms with Crippen molar-refractivity contribution < 1.29 is 0 Å². The van der Waals surface area contributed by atoms with E-state index in [1.165, 1.54) is 5.56 Å². The van der Waals surface area contributed by atoms with Crippen molar-refractivity contribution in [3.63, 3.8) is 0 Å². The first kappa shape index (κ1) is 11.9. The van der Waals surface area contributed by atoms with E-state index in [0.717, 1.165) is 25.1 Å². The van der Waals surface area contributed by atoms with Crippen LogP contribution >= 0.6 is 0 Å². The maximum Gasteiger partial charge on any atom is 0.0952 e. The van der Waals surface area contributed by atoms with Gasteiger partial charge in [0.15, 0.2) is 0 Å². The summed E-state index contributed by atoms with van der Waals surface area (Å²) in [6, 6.07) is 10.6. The fourth-order valence-electron chi connectivity index (χ4n) is 1.81. The fraction of sp³-hybridized carbons (Fsp3) is 0.357. The van der Waals surface area contributed by atoms with Crippen LogP contribution in [0, 0.1) is 0 Å². The monoisotopic (exact) mass is 229 g/mol. The average Bonchev–Trinajstić information content (AvgIpc) is 2.77. The van der Waals surface area contributed by atoms with Gasteiger partial charge in [-0.2, -0.15) is 0 Å². The number of benzene rings is 1. The van der Waals surface area contributed by atoms with Crippen LogP contribution < -0.4 is 5.73 Å². The maximum atomic E-state index is 5.92. The summed E-state index contributed by atoms with van der Waals surface area (Å²) in [5.41, 5.74) is 8.28. The minimum atomic E-state index is 0.218. The number of imidazole rings is 1. The van der Waals surface area contributed by atoms with E-state index in [1.54, 1.807) is 0 Å². The average molecular weight is 229 g/mol. The third-order valence-electron chi connectivity index (χ3n) is 2.89. The summed E-state index contributed by atoms with van der Waals surface area (Å²) in [6.45, 7) is 2.97. The van der Waals surface area contributed by atoms with Crippen LogP contribution in [0.3, 0.4) is 0 Å². The van der Waals surface area contributed by atoms with E-state index in [-0.39, 0.29) is 6.04 Å². The van der Waals surface area contributed by atoms with Gasteiger partial charge < -0.3 is 10.3 Å². The number of aromatic nitrogens is 2. The first-order chi connectivity index (χ1) is 8.28. The second-order valence-corrected chi connectivity index (χ2v) is 4.40. The van der Waals surface area contributed by atoms with Gasteiger partial charge in [-0.3, -0.25) is 0 Å². The highest BCUT2D eigenvalue weighted by atomic mass is 15.0. The standard InChI is InChI=1S/C14H19N3/c1-2-13(15)8-14-10-17(11-16-14)9-12-6-4-3-5-7-12/h3-7,10-11,13H,2,8-9,15H2,1H3. The van der Waals surface area contributed by atoms with Crippen LogP contribution in [0.1, 0.15) is 24.6 Å². The highest BCUT2D eigenvalue weighted by Crippen LogP contribution is 2.06. The quantitative estimate of drug-likeness (QED) is 0.854. The number of hydrogen-bond donors (Lipinski definition) is 1. The lowest BCUT2D eigenvalue weighted by Crippen LogP contribution is -2.21. The Morgan fingerprint density at radius 1 is 1.29 bits per heavy atom. The smallest absolute Gasteiger partial charge is 0.0952 e. The van der Waals surface area contributed by atoms with Crippen molar-refractivity contribution >= 4 is 0 Å². The summed E-state index contributed by atoms with van der Waals surface area (Å²) in [4.78, 5) is 4.38. The lowest BCUT2D eigenvalue weighted by molar-refractivity contribution is 0.638. The Morgan fingerprint density at radius 3 is 2.76 bits per heavy atom. The minimum Gasteiger partial charge on any atom is -0.333 e. The second-order valence-electron chi connectivity index (χ2n) is 4.40. The normalized spacial score (nSPS) is 12.6. The topological polar surface area (TPSA) is 43.8 Å². The molecule has 1 heterocycles. The van der Waals surface area contributed by atoms with Crippen LogP contribution in [0.5, 0.6) is 0 Å². The van der Waals surface area contributed by atoms with Crippen LogP contribution in [-0.2, 0) is 13.0 Å². The molecule has 2 N–H and O–H groups in total. The molecular weight excluding hydrogens is 210 g/mol. The summed E-state index contributed by atoms with van der Waals surface area (Å²) < 4.78 is 2.10. The van der Waals surface area contributed by atoms with Crippen molar-refractivity contribution in [3.8, 4) is 0 Å². The summed E-state index contributed by atoms with van der Waals surface area (Å²) in [5.74, 6) is 0. The van der Waals surface area contributed by atoms with Gasteiger partial charge in [0.1, 0.15) is 0 Å². The van der Waals surface area contributed by atoms with Gasteiger partial charge in [0.25, 0.3) is 0 Å². The zero-order chi connectivity index (χ0) is 12.1. The van der Waals surface area contributed by atoms with Crippen LogP contribution in [-0.4, -0.2) is 15.6 Å². The van der Waals surface area contributed by atoms with Gasteiger partial charge >= 0.3 is 0 Å². The molecule has 0 aliphatic heterocycles. The highest BCUT2D eigenvalue weighted by molar-refractivity contribution is 5.15. The number of rotatable bonds is 5. The number of nitrogens with two attached hydrogens (primary N) is 1. The minimum absolute atomic E-state index is 0.218. The van der Waals surface area contributed by atoms with E-state index in [1.807, 2.05) is 12.4 Å². The number of nitrogens with zero attached hydrogens (tertiary/aromatic N) is 2. The zero-order valence-electron chi connectivity index (χ0n) is 10.2. The molecule has 90 valence electrons. The summed E-state index contributed by atoms with van der Waals surface area (Å²) in [7, 11) is 0. The predicted octanol–water partition coefficient (Wildman–Crippen LogP) is 2.21. The summed E-state index contributed by atoms with van der Waals surface area (Å²) in [6.07, 6.45) is 5.82. The Kier molecular flexibility index (Phi) is 3.94. The van der Waals surface area contributed by atoms with Gasteiger partial charge in [-0.05, 0) is 12.0 Å². The van der Waals surface area contributed by atoms with Crippen molar-refractivity contribution in [2.45, 2.75) is 32.4 Å².